The number of amides is 1. The molecule has 104 valence electrons. The summed E-state index contributed by atoms with van der Waals surface area (Å²) >= 11 is 0. The summed E-state index contributed by atoms with van der Waals surface area (Å²) in [7, 11) is -3.43. The number of aliphatic hydroxyl groups excluding tert-OH is 1. The van der Waals surface area contributed by atoms with Crippen molar-refractivity contribution >= 4 is 21.7 Å². The number of hydrogen-bond acceptors (Lipinski definition) is 5. The number of carboxylic acid groups (broad SMARTS) is 1. The lowest BCUT2D eigenvalue weighted by molar-refractivity contribution is -0.146. The van der Waals surface area contributed by atoms with Crippen LogP contribution in [0.1, 0.15) is 10.4 Å². The molecule has 0 saturated heterocycles. The van der Waals surface area contributed by atoms with Crippen molar-refractivity contribution in [3.05, 3.63) is 29.8 Å². The number of benzene rings is 1. The van der Waals surface area contributed by atoms with Gasteiger partial charge in [0.1, 0.15) is 0 Å². The zero-order valence-electron chi connectivity index (χ0n) is 10.0. The second-order valence-electron chi connectivity index (χ2n) is 3.86. The Morgan fingerprint density at radius 2 is 2.00 bits per heavy atom. The Morgan fingerprint density at radius 3 is 2.53 bits per heavy atom. The zero-order chi connectivity index (χ0) is 14.6. The summed E-state index contributed by atoms with van der Waals surface area (Å²) in [6, 6.07) is 5.31. The summed E-state index contributed by atoms with van der Waals surface area (Å²) < 4.78 is 22.6. The summed E-state index contributed by atoms with van der Waals surface area (Å²) in [6.07, 6.45) is -0.694. The van der Waals surface area contributed by atoms with E-state index in [2.05, 4.69) is 5.32 Å². The van der Waals surface area contributed by atoms with Crippen LogP contribution in [0.5, 0.6) is 0 Å². The Morgan fingerprint density at radius 1 is 1.37 bits per heavy atom. The lowest BCUT2D eigenvalue weighted by Crippen LogP contribution is -2.36. The van der Waals surface area contributed by atoms with Gasteiger partial charge in [0.2, 0.25) is 0 Å². The van der Waals surface area contributed by atoms with E-state index >= 15 is 0 Å². The molecule has 8 heteroatoms. The van der Waals surface area contributed by atoms with E-state index in [9.17, 15) is 18.0 Å². The molecule has 1 amide bonds. The highest BCUT2D eigenvalue weighted by atomic mass is 32.2. The molecule has 0 bridgehead atoms. The molecule has 0 unspecified atom stereocenters. The number of sulfone groups is 1. The number of aliphatic hydroxyl groups is 1. The van der Waals surface area contributed by atoms with Crippen molar-refractivity contribution in [2.75, 3.05) is 12.8 Å². The van der Waals surface area contributed by atoms with Gasteiger partial charge >= 0.3 is 5.97 Å². The van der Waals surface area contributed by atoms with E-state index in [1.54, 1.807) is 0 Å². The maximum Gasteiger partial charge on any atom is 0.334 e. The first-order valence-corrected chi connectivity index (χ1v) is 7.10. The monoisotopic (exact) mass is 287 g/mol. The minimum absolute atomic E-state index is 0.0149. The van der Waals surface area contributed by atoms with Crippen molar-refractivity contribution in [3.8, 4) is 0 Å². The van der Waals surface area contributed by atoms with Crippen molar-refractivity contribution in [1.82, 2.24) is 5.32 Å². The number of rotatable bonds is 5. The third-order valence-electron chi connectivity index (χ3n) is 2.27. The van der Waals surface area contributed by atoms with Crippen LogP contribution >= 0.6 is 0 Å². The van der Waals surface area contributed by atoms with Crippen LogP contribution in [0.4, 0.5) is 0 Å². The second kappa shape index (κ2) is 5.81. The summed E-state index contributed by atoms with van der Waals surface area (Å²) in [6.45, 7) is -0.461. The van der Waals surface area contributed by atoms with Crippen molar-refractivity contribution in [3.63, 3.8) is 0 Å². The van der Waals surface area contributed by atoms with Gasteiger partial charge in [0, 0.05) is 11.8 Å². The standard InChI is InChI=1S/C11H13NO6S/c1-19(17,18)8-4-2-3-7(5-8)10(14)12-6-9(13)11(15)16/h2-5,9,13H,6H2,1H3,(H,12,14)(H,15,16)/t9-/m0/s1. The van der Waals surface area contributed by atoms with E-state index in [0.29, 0.717) is 0 Å². The van der Waals surface area contributed by atoms with Gasteiger partial charge in [0.05, 0.1) is 11.4 Å². The first-order valence-electron chi connectivity index (χ1n) is 5.21. The molecule has 0 aromatic heterocycles. The van der Waals surface area contributed by atoms with Crippen LogP contribution in [0.3, 0.4) is 0 Å². The molecule has 0 heterocycles. The summed E-state index contributed by atoms with van der Waals surface area (Å²) in [5.41, 5.74) is 0.0699. The molecule has 1 aromatic carbocycles. The molecule has 7 nitrogen and oxygen atoms in total. The second-order valence-corrected chi connectivity index (χ2v) is 5.88. The number of hydrogen-bond donors (Lipinski definition) is 3. The fraction of sp³-hybridized carbons (Fsp3) is 0.273. The molecule has 0 aliphatic heterocycles. The number of carbonyl (C=O) groups excluding carboxylic acids is 1. The molecule has 3 N–H and O–H groups in total. The Labute approximate surface area is 109 Å². The Kier molecular flexibility index (Phi) is 4.62. The SMILES string of the molecule is CS(=O)(=O)c1cccc(C(=O)NC[C@H](O)C(=O)O)c1. The van der Waals surface area contributed by atoms with Gasteiger partial charge in [0.25, 0.3) is 5.91 Å². The summed E-state index contributed by atoms with van der Waals surface area (Å²) in [5, 5.41) is 19.6. The normalized spacial score (nSPS) is 12.7. The Hall–Kier alpha value is -1.93. The minimum Gasteiger partial charge on any atom is -0.479 e. The number of carbonyl (C=O) groups is 2. The minimum atomic E-state index is -3.43. The van der Waals surface area contributed by atoms with Crippen molar-refractivity contribution in [2.45, 2.75) is 11.0 Å². The average Bonchev–Trinajstić information content (AvgIpc) is 2.34. The predicted octanol–water partition coefficient (Wildman–Crippen LogP) is -0.735. The van der Waals surface area contributed by atoms with Crippen LogP contribution in [0.2, 0.25) is 0 Å². The first kappa shape index (κ1) is 15.1. The van der Waals surface area contributed by atoms with Gasteiger partial charge in [-0.3, -0.25) is 4.79 Å². The van der Waals surface area contributed by atoms with Gasteiger partial charge < -0.3 is 15.5 Å². The molecular weight excluding hydrogens is 274 g/mol. The number of carboxylic acids is 1. The van der Waals surface area contributed by atoms with Crippen LogP contribution in [0.25, 0.3) is 0 Å². The number of aliphatic carboxylic acids is 1. The molecular formula is C11H13NO6S. The number of nitrogens with one attached hydrogen (secondary N) is 1. The third kappa shape index (κ3) is 4.34. The van der Waals surface area contributed by atoms with Crippen LogP contribution in [0, 0.1) is 0 Å². The van der Waals surface area contributed by atoms with Crippen LogP contribution in [-0.4, -0.2) is 49.4 Å². The van der Waals surface area contributed by atoms with E-state index in [1.165, 1.54) is 24.3 Å². The van der Waals surface area contributed by atoms with E-state index < -0.39 is 34.4 Å². The smallest absolute Gasteiger partial charge is 0.334 e. The fourth-order valence-electron chi connectivity index (χ4n) is 1.25. The third-order valence-corrected chi connectivity index (χ3v) is 3.38. The molecule has 0 aliphatic rings. The van der Waals surface area contributed by atoms with E-state index in [1.807, 2.05) is 0 Å². The first-order chi connectivity index (χ1) is 8.71. The lowest BCUT2D eigenvalue weighted by atomic mass is 10.2. The molecule has 0 spiro atoms. The molecule has 0 saturated carbocycles. The highest BCUT2D eigenvalue weighted by Gasteiger charge is 2.16. The van der Waals surface area contributed by atoms with Gasteiger partial charge in [-0.05, 0) is 18.2 Å². The largest absolute Gasteiger partial charge is 0.479 e. The topological polar surface area (TPSA) is 121 Å². The molecule has 1 rings (SSSR count). The predicted molar refractivity (Wildman–Crippen MR) is 65.5 cm³/mol. The maximum atomic E-state index is 11.6. The maximum absolute atomic E-state index is 11.6. The summed E-state index contributed by atoms with van der Waals surface area (Å²) in [4.78, 5) is 22.0. The molecule has 1 atom stereocenters. The molecule has 0 aliphatic carbocycles. The van der Waals surface area contributed by atoms with Gasteiger partial charge in [0.15, 0.2) is 15.9 Å². The fourth-order valence-corrected chi connectivity index (χ4v) is 1.91. The van der Waals surface area contributed by atoms with Gasteiger partial charge in [-0.1, -0.05) is 6.07 Å². The Bertz CT molecular complexity index is 595. The molecule has 0 fully saturated rings. The quantitative estimate of drug-likeness (QED) is 0.656. The molecule has 1 aromatic rings. The van der Waals surface area contributed by atoms with Gasteiger partial charge in [-0.2, -0.15) is 0 Å². The molecule has 0 radical (unpaired) electrons. The molecule has 19 heavy (non-hydrogen) atoms. The van der Waals surface area contributed by atoms with Crippen LogP contribution in [0.15, 0.2) is 29.2 Å². The van der Waals surface area contributed by atoms with Crippen LogP contribution in [-0.2, 0) is 14.6 Å². The van der Waals surface area contributed by atoms with Crippen molar-refractivity contribution < 1.29 is 28.2 Å². The van der Waals surface area contributed by atoms with E-state index in [4.69, 9.17) is 10.2 Å². The van der Waals surface area contributed by atoms with E-state index in [-0.39, 0.29) is 10.5 Å². The summed E-state index contributed by atoms with van der Waals surface area (Å²) in [5.74, 6) is -2.11. The Balaban J connectivity index is 2.81. The van der Waals surface area contributed by atoms with E-state index in [0.717, 1.165) is 6.26 Å². The van der Waals surface area contributed by atoms with Crippen molar-refractivity contribution in [1.29, 1.82) is 0 Å². The van der Waals surface area contributed by atoms with Crippen molar-refractivity contribution in [2.24, 2.45) is 0 Å². The van der Waals surface area contributed by atoms with Gasteiger partial charge in [-0.15, -0.1) is 0 Å². The highest BCUT2D eigenvalue weighted by molar-refractivity contribution is 7.90. The van der Waals surface area contributed by atoms with Gasteiger partial charge in [-0.25, -0.2) is 13.2 Å². The zero-order valence-corrected chi connectivity index (χ0v) is 10.8. The highest BCUT2D eigenvalue weighted by Crippen LogP contribution is 2.11. The lowest BCUT2D eigenvalue weighted by Gasteiger charge is -2.08. The average molecular weight is 287 g/mol. The van der Waals surface area contributed by atoms with Crippen LogP contribution < -0.4 is 5.32 Å².